The molecule has 0 saturated heterocycles. The normalized spacial score (nSPS) is 10.1. The van der Waals surface area contributed by atoms with Crippen LogP contribution in [0.3, 0.4) is 0 Å². The van der Waals surface area contributed by atoms with Crippen molar-refractivity contribution in [3.05, 3.63) is 65.7 Å². The van der Waals surface area contributed by atoms with Crippen molar-refractivity contribution in [1.29, 1.82) is 0 Å². The number of hydrogen-bond donors (Lipinski definition) is 2. The monoisotopic (exact) mass is 362 g/mol. The molecule has 1 amide bonds. The molecule has 0 spiro atoms. The first-order valence-corrected chi connectivity index (χ1v) is 8.47. The van der Waals surface area contributed by atoms with Crippen molar-refractivity contribution in [3.63, 3.8) is 0 Å². The van der Waals surface area contributed by atoms with Crippen LogP contribution in [-0.4, -0.2) is 25.7 Å². The van der Waals surface area contributed by atoms with Gasteiger partial charge in [0.1, 0.15) is 0 Å². The van der Waals surface area contributed by atoms with Gasteiger partial charge < -0.3 is 15.8 Å². The van der Waals surface area contributed by atoms with Crippen molar-refractivity contribution in [2.45, 2.75) is 25.7 Å². The van der Waals surface area contributed by atoms with Gasteiger partial charge in [-0.05, 0) is 36.5 Å². The van der Waals surface area contributed by atoms with E-state index in [-0.39, 0.29) is 18.3 Å². The molecule has 0 atom stereocenters. The minimum Gasteiger partial charge on any atom is -0.399 e. The van der Waals surface area contributed by atoms with Gasteiger partial charge in [-0.15, -0.1) is 12.4 Å². The molecule has 0 aromatic heterocycles. The molecule has 0 saturated carbocycles. The summed E-state index contributed by atoms with van der Waals surface area (Å²) in [5.41, 5.74) is 8.92. The first kappa shape index (κ1) is 21.0. The summed E-state index contributed by atoms with van der Waals surface area (Å²) in [7, 11) is 0. The third kappa shape index (κ3) is 8.57. The average Bonchev–Trinajstić information content (AvgIpc) is 2.61. The highest BCUT2D eigenvalue weighted by Gasteiger charge is 2.03. The average molecular weight is 363 g/mol. The Bertz CT molecular complexity index is 620. The standard InChI is InChI=1S/C20H26N2O2.ClH/c21-19-10-5-4-9-18(19)11-12-20(23)22-14-6-15-24-16-13-17-7-2-1-3-8-17;/h1-5,7-10H,6,11-16,21H2,(H,22,23);1H. The summed E-state index contributed by atoms with van der Waals surface area (Å²) < 4.78 is 5.60. The van der Waals surface area contributed by atoms with Crippen LogP contribution in [0, 0.1) is 0 Å². The Morgan fingerprint density at radius 3 is 2.44 bits per heavy atom. The van der Waals surface area contributed by atoms with Gasteiger partial charge in [-0.1, -0.05) is 48.5 Å². The number of aryl methyl sites for hydroxylation is 1. The van der Waals surface area contributed by atoms with Gasteiger partial charge in [0.05, 0.1) is 6.61 Å². The lowest BCUT2D eigenvalue weighted by atomic mass is 10.1. The Hall–Kier alpha value is -2.04. The molecule has 2 aromatic rings. The molecule has 0 bridgehead atoms. The maximum atomic E-state index is 11.8. The van der Waals surface area contributed by atoms with Gasteiger partial charge in [-0.3, -0.25) is 4.79 Å². The lowest BCUT2D eigenvalue weighted by Gasteiger charge is -2.07. The Morgan fingerprint density at radius 2 is 1.68 bits per heavy atom. The second-order valence-corrected chi connectivity index (χ2v) is 5.75. The summed E-state index contributed by atoms with van der Waals surface area (Å²) in [6, 6.07) is 17.9. The number of carbonyl (C=O) groups excluding carboxylic acids is 1. The number of benzene rings is 2. The quantitative estimate of drug-likeness (QED) is 0.503. The molecule has 0 aliphatic heterocycles. The van der Waals surface area contributed by atoms with Crippen LogP contribution in [0.15, 0.2) is 54.6 Å². The molecule has 25 heavy (non-hydrogen) atoms. The van der Waals surface area contributed by atoms with Crippen LogP contribution in [-0.2, 0) is 22.4 Å². The summed E-state index contributed by atoms with van der Waals surface area (Å²) in [6.45, 7) is 2.03. The van der Waals surface area contributed by atoms with Crippen molar-refractivity contribution < 1.29 is 9.53 Å². The molecule has 0 heterocycles. The summed E-state index contributed by atoms with van der Waals surface area (Å²) in [5.74, 6) is 0.0579. The molecular formula is C20H27ClN2O2. The smallest absolute Gasteiger partial charge is 0.220 e. The molecule has 2 aromatic carbocycles. The molecule has 0 radical (unpaired) electrons. The van der Waals surface area contributed by atoms with E-state index < -0.39 is 0 Å². The molecule has 2 rings (SSSR count). The van der Waals surface area contributed by atoms with Crippen LogP contribution < -0.4 is 11.1 Å². The third-order valence-electron chi connectivity index (χ3n) is 3.84. The van der Waals surface area contributed by atoms with Crippen molar-refractivity contribution in [2.75, 3.05) is 25.5 Å². The number of carbonyl (C=O) groups is 1. The van der Waals surface area contributed by atoms with Crippen LogP contribution in [0.1, 0.15) is 24.0 Å². The molecule has 0 aliphatic carbocycles. The highest BCUT2D eigenvalue weighted by Crippen LogP contribution is 2.12. The Balaban J connectivity index is 0.00000312. The Labute approximate surface area is 156 Å². The molecule has 0 fully saturated rings. The number of nitrogen functional groups attached to an aromatic ring is 1. The van der Waals surface area contributed by atoms with E-state index in [2.05, 4.69) is 17.4 Å². The number of rotatable bonds is 10. The van der Waals surface area contributed by atoms with Crippen LogP contribution >= 0.6 is 12.4 Å². The molecule has 136 valence electrons. The fraction of sp³-hybridized carbons (Fsp3) is 0.350. The topological polar surface area (TPSA) is 64.4 Å². The number of hydrogen-bond acceptors (Lipinski definition) is 3. The number of nitrogens with two attached hydrogens (primary N) is 1. The summed E-state index contributed by atoms with van der Waals surface area (Å²) >= 11 is 0. The SMILES string of the molecule is Cl.Nc1ccccc1CCC(=O)NCCCOCCc1ccccc1. The van der Waals surface area contributed by atoms with E-state index in [4.69, 9.17) is 10.5 Å². The van der Waals surface area contributed by atoms with Gasteiger partial charge in [-0.2, -0.15) is 0 Å². The Kier molecular flexibility index (Phi) is 10.4. The van der Waals surface area contributed by atoms with Crippen molar-refractivity contribution in [2.24, 2.45) is 0 Å². The zero-order valence-electron chi connectivity index (χ0n) is 14.4. The number of halogens is 1. The number of para-hydroxylation sites is 1. The van der Waals surface area contributed by atoms with E-state index in [1.807, 2.05) is 42.5 Å². The van der Waals surface area contributed by atoms with Crippen LogP contribution in [0.2, 0.25) is 0 Å². The highest BCUT2D eigenvalue weighted by atomic mass is 35.5. The fourth-order valence-electron chi connectivity index (χ4n) is 2.44. The van der Waals surface area contributed by atoms with E-state index in [1.54, 1.807) is 0 Å². The first-order chi connectivity index (χ1) is 11.8. The van der Waals surface area contributed by atoms with Gasteiger partial charge in [0, 0.05) is 25.3 Å². The lowest BCUT2D eigenvalue weighted by molar-refractivity contribution is -0.121. The number of anilines is 1. The predicted molar refractivity (Wildman–Crippen MR) is 105 cm³/mol. The minimum atomic E-state index is 0. The highest BCUT2D eigenvalue weighted by molar-refractivity contribution is 5.85. The van der Waals surface area contributed by atoms with E-state index in [0.717, 1.165) is 24.1 Å². The first-order valence-electron chi connectivity index (χ1n) is 8.47. The van der Waals surface area contributed by atoms with E-state index in [9.17, 15) is 4.79 Å². The van der Waals surface area contributed by atoms with Crippen LogP contribution in [0.25, 0.3) is 0 Å². The lowest BCUT2D eigenvalue weighted by Crippen LogP contribution is -2.25. The zero-order valence-corrected chi connectivity index (χ0v) is 15.3. The molecule has 0 unspecified atom stereocenters. The van der Waals surface area contributed by atoms with Gasteiger partial charge in [0.25, 0.3) is 0 Å². The Morgan fingerprint density at radius 1 is 0.960 bits per heavy atom. The van der Waals surface area contributed by atoms with Gasteiger partial charge in [0.2, 0.25) is 5.91 Å². The van der Waals surface area contributed by atoms with Gasteiger partial charge >= 0.3 is 0 Å². The summed E-state index contributed by atoms with van der Waals surface area (Å²) in [4.78, 5) is 11.8. The van der Waals surface area contributed by atoms with Crippen molar-refractivity contribution in [1.82, 2.24) is 5.32 Å². The molecule has 3 N–H and O–H groups in total. The zero-order chi connectivity index (χ0) is 17.0. The van der Waals surface area contributed by atoms with Crippen LogP contribution in [0.4, 0.5) is 5.69 Å². The minimum absolute atomic E-state index is 0. The van der Waals surface area contributed by atoms with E-state index >= 15 is 0 Å². The number of nitrogens with one attached hydrogen (secondary N) is 1. The molecule has 4 nitrogen and oxygen atoms in total. The van der Waals surface area contributed by atoms with E-state index in [1.165, 1.54) is 5.56 Å². The van der Waals surface area contributed by atoms with Gasteiger partial charge in [0.15, 0.2) is 0 Å². The predicted octanol–water partition coefficient (Wildman–Crippen LogP) is 3.39. The van der Waals surface area contributed by atoms with Crippen molar-refractivity contribution in [3.8, 4) is 0 Å². The second-order valence-electron chi connectivity index (χ2n) is 5.75. The summed E-state index contributed by atoms with van der Waals surface area (Å²) in [6.07, 6.45) is 2.88. The van der Waals surface area contributed by atoms with Gasteiger partial charge in [-0.25, -0.2) is 0 Å². The number of ether oxygens (including phenoxy) is 1. The van der Waals surface area contributed by atoms with Crippen LogP contribution in [0.5, 0.6) is 0 Å². The molecule has 5 heteroatoms. The number of amides is 1. The fourth-order valence-corrected chi connectivity index (χ4v) is 2.44. The van der Waals surface area contributed by atoms with Crippen molar-refractivity contribution >= 4 is 24.0 Å². The maximum Gasteiger partial charge on any atom is 0.220 e. The molecular weight excluding hydrogens is 336 g/mol. The summed E-state index contributed by atoms with van der Waals surface area (Å²) in [5, 5.41) is 2.92. The maximum absolute atomic E-state index is 11.8. The van der Waals surface area contributed by atoms with E-state index in [0.29, 0.717) is 32.6 Å². The molecule has 0 aliphatic rings. The second kappa shape index (κ2) is 12.3. The largest absolute Gasteiger partial charge is 0.399 e. The third-order valence-corrected chi connectivity index (χ3v) is 3.84.